The van der Waals surface area contributed by atoms with Crippen molar-refractivity contribution in [3.63, 3.8) is 0 Å². The third kappa shape index (κ3) is 3.47. The summed E-state index contributed by atoms with van der Waals surface area (Å²) in [7, 11) is 2.14. The van der Waals surface area contributed by atoms with Crippen LogP contribution in [0.1, 0.15) is 19.8 Å². The molecule has 1 heterocycles. The predicted molar refractivity (Wildman–Crippen MR) is 71.9 cm³/mol. The molecule has 1 aromatic carbocycles. The Morgan fingerprint density at radius 3 is 2.67 bits per heavy atom. The standard InChI is InChI=1S/C14H20N2O2/c1-11(17)18-14-6-4-3-5-13(14)15-12-7-9-16(2)10-8-12/h3-6,12,15H,7-10H2,1-2H3. The van der Waals surface area contributed by atoms with E-state index in [4.69, 9.17) is 4.74 Å². The van der Waals surface area contributed by atoms with Gasteiger partial charge in [0.1, 0.15) is 0 Å². The Labute approximate surface area is 108 Å². The molecular formula is C14H20N2O2. The van der Waals surface area contributed by atoms with Gasteiger partial charge in [0.05, 0.1) is 5.69 Å². The van der Waals surface area contributed by atoms with E-state index in [2.05, 4.69) is 17.3 Å². The van der Waals surface area contributed by atoms with Crippen molar-refractivity contribution in [1.82, 2.24) is 4.90 Å². The zero-order valence-corrected chi connectivity index (χ0v) is 11.0. The van der Waals surface area contributed by atoms with Crippen LogP contribution in [0.5, 0.6) is 5.75 Å². The van der Waals surface area contributed by atoms with E-state index < -0.39 is 0 Å². The van der Waals surface area contributed by atoms with Gasteiger partial charge in [-0.05, 0) is 45.1 Å². The Balaban J connectivity index is 2.02. The molecular weight excluding hydrogens is 228 g/mol. The average Bonchev–Trinajstić information content (AvgIpc) is 2.34. The Hall–Kier alpha value is -1.55. The molecule has 0 aromatic heterocycles. The molecule has 0 saturated carbocycles. The minimum Gasteiger partial charge on any atom is -0.425 e. The van der Waals surface area contributed by atoms with Crippen molar-refractivity contribution in [2.24, 2.45) is 0 Å². The van der Waals surface area contributed by atoms with Crippen LogP contribution in [0.4, 0.5) is 5.69 Å². The van der Waals surface area contributed by atoms with Gasteiger partial charge in [0.2, 0.25) is 0 Å². The highest BCUT2D eigenvalue weighted by Gasteiger charge is 2.17. The van der Waals surface area contributed by atoms with Crippen LogP contribution in [0.3, 0.4) is 0 Å². The lowest BCUT2D eigenvalue weighted by Gasteiger charge is -2.30. The Morgan fingerprint density at radius 1 is 1.33 bits per heavy atom. The second-order valence-electron chi connectivity index (χ2n) is 4.81. The summed E-state index contributed by atoms with van der Waals surface area (Å²) < 4.78 is 5.20. The normalized spacial score (nSPS) is 17.4. The van der Waals surface area contributed by atoms with E-state index in [0.717, 1.165) is 31.6 Å². The van der Waals surface area contributed by atoms with E-state index in [1.807, 2.05) is 24.3 Å². The zero-order chi connectivity index (χ0) is 13.0. The maximum atomic E-state index is 11.0. The van der Waals surface area contributed by atoms with Gasteiger partial charge in [-0.25, -0.2) is 0 Å². The molecule has 0 unspecified atom stereocenters. The van der Waals surface area contributed by atoms with Crippen LogP contribution in [0, 0.1) is 0 Å². The molecule has 1 aliphatic rings. The van der Waals surface area contributed by atoms with Gasteiger partial charge in [-0.1, -0.05) is 12.1 Å². The van der Waals surface area contributed by atoms with Crippen LogP contribution >= 0.6 is 0 Å². The molecule has 1 aromatic rings. The first-order valence-corrected chi connectivity index (χ1v) is 6.37. The summed E-state index contributed by atoms with van der Waals surface area (Å²) in [4.78, 5) is 13.4. The van der Waals surface area contributed by atoms with E-state index in [9.17, 15) is 4.79 Å². The molecule has 4 nitrogen and oxygen atoms in total. The van der Waals surface area contributed by atoms with Gasteiger partial charge in [-0.2, -0.15) is 0 Å². The highest BCUT2D eigenvalue weighted by molar-refractivity contribution is 5.72. The van der Waals surface area contributed by atoms with E-state index in [1.165, 1.54) is 6.92 Å². The fraction of sp³-hybridized carbons (Fsp3) is 0.500. The number of nitrogens with one attached hydrogen (secondary N) is 1. The number of esters is 1. The third-order valence-corrected chi connectivity index (χ3v) is 3.22. The summed E-state index contributed by atoms with van der Waals surface area (Å²) in [5.41, 5.74) is 0.905. The number of nitrogens with zero attached hydrogens (tertiary/aromatic N) is 1. The van der Waals surface area contributed by atoms with Crippen LogP contribution < -0.4 is 10.1 Å². The fourth-order valence-electron chi connectivity index (χ4n) is 2.20. The van der Waals surface area contributed by atoms with Crippen molar-refractivity contribution in [2.45, 2.75) is 25.8 Å². The topological polar surface area (TPSA) is 41.6 Å². The van der Waals surface area contributed by atoms with Gasteiger partial charge in [-0.15, -0.1) is 0 Å². The lowest BCUT2D eigenvalue weighted by molar-refractivity contribution is -0.131. The molecule has 1 aliphatic heterocycles. The molecule has 4 heteroatoms. The lowest BCUT2D eigenvalue weighted by atomic mass is 10.1. The first-order valence-electron chi connectivity index (χ1n) is 6.37. The molecule has 18 heavy (non-hydrogen) atoms. The molecule has 0 aliphatic carbocycles. The van der Waals surface area contributed by atoms with Crippen LogP contribution in [0.15, 0.2) is 24.3 Å². The van der Waals surface area contributed by atoms with Gasteiger partial charge >= 0.3 is 5.97 Å². The molecule has 1 saturated heterocycles. The summed E-state index contributed by atoms with van der Waals surface area (Å²) in [6.45, 7) is 3.63. The summed E-state index contributed by atoms with van der Waals surface area (Å²) in [5.74, 6) is 0.330. The molecule has 0 amide bonds. The minimum absolute atomic E-state index is 0.285. The maximum absolute atomic E-state index is 11.0. The van der Waals surface area contributed by atoms with Crippen molar-refractivity contribution in [1.29, 1.82) is 0 Å². The van der Waals surface area contributed by atoms with Crippen molar-refractivity contribution >= 4 is 11.7 Å². The maximum Gasteiger partial charge on any atom is 0.308 e. The number of hydrogen-bond acceptors (Lipinski definition) is 4. The number of carbonyl (C=O) groups excluding carboxylic acids is 1. The number of likely N-dealkylation sites (tertiary alicyclic amines) is 1. The number of para-hydroxylation sites is 2. The van der Waals surface area contributed by atoms with Gasteiger partial charge in [0.15, 0.2) is 5.75 Å². The van der Waals surface area contributed by atoms with Crippen molar-refractivity contribution < 1.29 is 9.53 Å². The third-order valence-electron chi connectivity index (χ3n) is 3.22. The number of ether oxygens (including phenoxy) is 1. The molecule has 1 fully saturated rings. The number of piperidine rings is 1. The van der Waals surface area contributed by atoms with Crippen molar-refractivity contribution in [2.75, 3.05) is 25.5 Å². The van der Waals surface area contributed by atoms with Crippen LogP contribution in [0.25, 0.3) is 0 Å². The Kier molecular flexibility index (Phi) is 4.20. The summed E-state index contributed by atoms with van der Waals surface area (Å²) >= 11 is 0. The molecule has 0 radical (unpaired) electrons. The summed E-state index contributed by atoms with van der Waals surface area (Å²) in [6, 6.07) is 8.05. The quantitative estimate of drug-likeness (QED) is 0.657. The van der Waals surface area contributed by atoms with Crippen LogP contribution in [-0.4, -0.2) is 37.0 Å². The van der Waals surface area contributed by atoms with Gasteiger partial charge < -0.3 is 15.0 Å². The zero-order valence-electron chi connectivity index (χ0n) is 11.0. The highest BCUT2D eigenvalue weighted by atomic mass is 16.5. The summed E-state index contributed by atoms with van der Waals surface area (Å²) in [6.07, 6.45) is 2.23. The van der Waals surface area contributed by atoms with Crippen LogP contribution in [0.2, 0.25) is 0 Å². The smallest absolute Gasteiger partial charge is 0.308 e. The first kappa shape index (κ1) is 12.9. The molecule has 0 spiro atoms. The number of anilines is 1. The van der Waals surface area contributed by atoms with Gasteiger partial charge in [0, 0.05) is 13.0 Å². The first-order chi connectivity index (χ1) is 8.65. The van der Waals surface area contributed by atoms with Crippen molar-refractivity contribution in [3.8, 4) is 5.75 Å². The van der Waals surface area contributed by atoms with Gasteiger partial charge in [0.25, 0.3) is 0 Å². The predicted octanol–water partition coefficient (Wildman–Crippen LogP) is 2.12. The second kappa shape index (κ2) is 5.87. The fourth-order valence-corrected chi connectivity index (χ4v) is 2.20. The molecule has 2 rings (SSSR count). The molecule has 0 bridgehead atoms. The summed E-state index contributed by atoms with van der Waals surface area (Å²) in [5, 5.41) is 3.47. The van der Waals surface area contributed by atoms with E-state index >= 15 is 0 Å². The average molecular weight is 248 g/mol. The number of carbonyl (C=O) groups is 1. The molecule has 1 N–H and O–H groups in total. The van der Waals surface area contributed by atoms with E-state index in [-0.39, 0.29) is 5.97 Å². The number of rotatable bonds is 3. The minimum atomic E-state index is -0.285. The number of hydrogen-bond donors (Lipinski definition) is 1. The lowest BCUT2D eigenvalue weighted by Crippen LogP contribution is -2.36. The van der Waals surface area contributed by atoms with Crippen molar-refractivity contribution in [3.05, 3.63) is 24.3 Å². The Morgan fingerprint density at radius 2 is 2.00 bits per heavy atom. The molecule has 98 valence electrons. The SMILES string of the molecule is CC(=O)Oc1ccccc1NC1CCN(C)CC1. The van der Waals surface area contributed by atoms with E-state index in [0.29, 0.717) is 11.8 Å². The Bertz CT molecular complexity index is 412. The van der Waals surface area contributed by atoms with E-state index in [1.54, 1.807) is 0 Å². The molecule has 0 atom stereocenters. The van der Waals surface area contributed by atoms with Crippen LogP contribution in [-0.2, 0) is 4.79 Å². The monoisotopic (exact) mass is 248 g/mol. The second-order valence-corrected chi connectivity index (χ2v) is 4.81. The highest BCUT2D eigenvalue weighted by Crippen LogP contribution is 2.26. The largest absolute Gasteiger partial charge is 0.425 e. The van der Waals surface area contributed by atoms with Gasteiger partial charge in [-0.3, -0.25) is 4.79 Å². The number of benzene rings is 1.